The lowest BCUT2D eigenvalue weighted by Crippen LogP contribution is -2.28. The molecule has 110 valence electrons. The summed E-state index contributed by atoms with van der Waals surface area (Å²) in [6, 6.07) is 4.31. The molecule has 0 aliphatic carbocycles. The van der Waals surface area contributed by atoms with Gasteiger partial charge in [0, 0.05) is 11.9 Å². The topological polar surface area (TPSA) is 48.7 Å². The number of nitriles is 1. The summed E-state index contributed by atoms with van der Waals surface area (Å²) in [5, 5.41) is 12.5. The van der Waals surface area contributed by atoms with Gasteiger partial charge in [0.2, 0.25) is 0 Å². The van der Waals surface area contributed by atoms with Crippen LogP contribution >= 0.6 is 11.8 Å². The number of hydrogen-bond donors (Lipinski definition) is 1. The summed E-state index contributed by atoms with van der Waals surface area (Å²) in [4.78, 5) is 3.77. The van der Waals surface area contributed by atoms with Gasteiger partial charge in [0.1, 0.15) is 0 Å². The van der Waals surface area contributed by atoms with Crippen molar-refractivity contribution in [1.82, 2.24) is 10.3 Å². The molecule has 0 radical (unpaired) electrons. The highest BCUT2D eigenvalue weighted by molar-refractivity contribution is 7.99. The van der Waals surface area contributed by atoms with E-state index >= 15 is 0 Å². The van der Waals surface area contributed by atoms with Crippen LogP contribution in [-0.2, 0) is 6.18 Å². The maximum atomic E-state index is 12.4. The van der Waals surface area contributed by atoms with E-state index in [2.05, 4.69) is 16.4 Å². The number of hydrogen-bond acceptors (Lipinski definition) is 4. The van der Waals surface area contributed by atoms with Gasteiger partial charge >= 0.3 is 6.18 Å². The molecule has 1 heterocycles. The van der Waals surface area contributed by atoms with Crippen LogP contribution in [0.15, 0.2) is 23.4 Å². The van der Waals surface area contributed by atoms with Crippen LogP contribution in [0.25, 0.3) is 0 Å². The van der Waals surface area contributed by atoms with Gasteiger partial charge in [-0.1, -0.05) is 6.92 Å². The van der Waals surface area contributed by atoms with Gasteiger partial charge in [-0.15, -0.1) is 11.8 Å². The molecule has 1 aromatic heterocycles. The van der Waals surface area contributed by atoms with Crippen molar-refractivity contribution in [2.24, 2.45) is 0 Å². The Morgan fingerprint density at radius 3 is 2.70 bits per heavy atom. The second-order valence-electron chi connectivity index (χ2n) is 4.16. The van der Waals surface area contributed by atoms with Crippen LogP contribution in [0.3, 0.4) is 0 Å². The predicted octanol–water partition coefficient (Wildman–Crippen LogP) is 3.47. The summed E-state index contributed by atoms with van der Waals surface area (Å²) < 4.78 is 37.1. The molecule has 0 fully saturated rings. The molecule has 1 aromatic rings. The maximum Gasteiger partial charge on any atom is 0.417 e. The molecule has 0 aliphatic rings. The van der Waals surface area contributed by atoms with E-state index in [0.717, 1.165) is 25.2 Å². The van der Waals surface area contributed by atoms with E-state index in [1.807, 2.05) is 6.92 Å². The third-order valence-corrected chi connectivity index (χ3v) is 3.49. The van der Waals surface area contributed by atoms with Crippen molar-refractivity contribution >= 4 is 11.8 Å². The van der Waals surface area contributed by atoms with Gasteiger partial charge in [-0.25, -0.2) is 4.98 Å². The van der Waals surface area contributed by atoms with Crippen LogP contribution in [0.1, 0.15) is 25.3 Å². The van der Waals surface area contributed by atoms with Gasteiger partial charge in [-0.2, -0.15) is 18.4 Å². The van der Waals surface area contributed by atoms with E-state index in [0.29, 0.717) is 17.2 Å². The zero-order valence-electron chi connectivity index (χ0n) is 11.1. The van der Waals surface area contributed by atoms with Crippen LogP contribution in [0, 0.1) is 11.3 Å². The Labute approximate surface area is 120 Å². The lowest BCUT2D eigenvalue weighted by atomic mass is 10.2. The van der Waals surface area contributed by atoms with Gasteiger partial charge in [-0.05, 0) is 31.5 Å². The van der Waals surface area contributed by atoms with E-state index < -0.39 is 11.7 Å². The molecule has 1 N–H and O–H groups in total. The third kappa shape index (κ3) is 5.80. The van der Waals surface area contributed by atoms with Gasteiger partial charge < -0.3 is 5.32 Å². The average Bonchev–Trinajstić information content (AvgIpc) is 2.42. The molecule has 0 spiro atoms. The highest BCUT2D eigenvalue weighted by Gasteiger charge is 2.30. The molecule has 1 rings (SSSR count). The summed E-state index contributed by atoms with van der Waals surface area (Å²) in [6.45, 7) is 2.80. The maximum absolute atomic E-state index is 12.4. The molecule has 0 amide bonds. The Bertz CT molecular complexity index is 440. The Hall–Kier alpha value is -1.26. The summed E-state index contributed by atoms with van der Waals surface area (Å²) in [5.74, 6) is 0.632. The second kappa shape index (κ2) is 8.12. The summed E-state index contributed by atoms with van der Waals surface area (Å²) in [5.41, 5.74) is -0.749. The van der Waals surface area contributed by atoms with Crippen molar-refractivity contribution in [3.63, 3.8) is 0 Å². The molecule has 0 aromatic carbocycles. The van der Waals surface area contributed by atoms with Gasteiger partial charge in [0.15, 0.2) is 0 Å². The fraction of sp³-hybridized carbons (Fsp3) is 0.538. The Morgan fingerprint density at radius 1 is 1.45 bits per heavy atom. The number of nitrogens with one attached hydrogen (secondary N) is 1. The van der Waals surface area contributed by atoms with Crippen molar-refractivity contribution < 1.29 is 13.2 Å². The molecule has 0 bridgehead atoms. The smallest absolute Gasteiger partial charge is 0.302 e. The first-order valence-corrected chi connectivity index (χ1v) is 7.25. The van der Waals surface area contributed by atoms with Crippen molar-refractivity contribution in [2.75, 3.05) is 12.3 Å². The molecule has 0 saturated carbocycles. The SMILES string of the molecule is CCCNC(C#N)CCSc1ccc(C(F)(F)F)cn1. The van der Waals surface area contributed by atoms with E-state index in [1.165, 1.54) is 17.8 Å². The molecular formula is C13H16F3N3S. The summed E-state index contributed by atoms with van der Waals surface area (Å²) in [6.07, 6.45) is -1.94. The third-order valence-electron chi connectivity index (χ3n) is 2.52. The van der Waals surface area contributed by atoms with Crippen LogP contribution in [0.2, 0.25) is 0 Å². The Morgan fingerprint density at radius 2 is 2.20 bits per heavy atom. The molecular weight excluding hydrogens is 287 g/mol. The normalized spacial score (nSPS) is 12.9. The molecule has 1 unspecified atom stereocenters. The first kappa shape index (κ1) is 16.8. The number of thioether (sulfide) groups is 1. The van der Waals surface area contributed by atoms with Gasteiger partial charge in [0.05, 0.1) is 22.7 Å². The average molecular weight is 303 g/mol. The van der Waals surface area contributed by atoms with Crippen LogP contribution in [-0.4, -0.2) is 23.3 Å². The number of aromatic nitrogens is 1. The predicted molar refractivity (Wildman–Crippen MR) is 72.3 cm³/mol. The molecule has 1 atom stereocenters. The van der Waals surface area contributed by atoms with Crippen LogP contribution in [0.5, 0.6) is 0 Å². The van der Waals surface area contributed by atoms with Crippen molar-refractivity contribution in [2.45, 2.75) is 37.0 Å². The number of rotatable bonds is 7. The van der Waals surface area contributed by atoms with E-state index in [1.54, 1.807) is 0 Å². The zero-order chi connectivity index (χ0) is 15.0. The zero-order valence-corrected chi connectivity index (χ0v) is 11.9. The lowest BCUT2D eigenvalue weighted by molar-refractivity contribution is -0.137. The number of pyridine rings is 1. The number of halogens is 3. The Balaban J connectivity index is 2.41. The number of alkyl halides is 3. The van der Waals surface area contributed by atoms with Crippen molar-refractivity contribution in [1.29, 1.82) is 5.26 Å². The quantitative estimate of drug-likeness (QED) is 0.784. The van der Waals surface area contributed by atoms with Crippen molar-refractivity contribution in [3.8, 4) is 6.07 Å². The van der Waals surface area contributed by atoms with Gasteiger partial charge in [0.25, 0.3) is 0 Å². The lowest BCUT2D eigenvalue weighted by Gasteiger charge is -2.10. The molecule has 20 heavy (non-hydrogen) atoms. The van der Waals surface area contributed by atoms with E-state index in [-0.39, 0.29) is 6.04 Å². The summed E-state index contributed by atoms with van der Waals surface area (Å²) >= 11 is 1.35. The molecule has 0 saturated heterocycles. The van der Waals surface area contributed by atoms with Gasteiger partial charge in [-0.3, -0.25) is 0 Å². The fourth-order valence-electron chi connectivity index (χ4n) is 1.45. The minimum atomic E-state index is -4.35. The Kier molecular flexibility index (Phi) is 6.82. The standard InChI is InChI=1S/C13H16F3N3S/c1-2-6-18-11(8-17)5-7-20-12-4-3-10(9-19-12)13(14,15)16/h3-4,9,11,18H,2,5-7H2,1H3. The minimum Gasteiger partial charge on any atom is -0.302 e. The first-order valence-electron chi connectivity index (χ1n) is 6.26. The monoisotopic (exact) mass is 303 g/mol. The van der Waals surface area contributed by atoms with Crippen molar-refractivity contribution in [3.05, 3.63) is 23.9 Å². The van der Waals surface area contributed by atoms with E-state index in [4.69, 9.17) is 5.26 Å². The molecule has 0 aliphatic heterocycles. The first-order chi connectivity index (χ1) is 9.47. The molecule has 7 heteroatoms. The molecule has 3 nitrogen and oxygen atoms in total. The van der Waals surface area contributed by atoms with E-state index in [9.17, 15) is 13.2 Å². The number of nitrogens with zero attached hydrogens (tertiary/aromatic N) is 2. The second-order valence-corrected chi connectivity index (χ2v) is 5.27. The highest BCUT2D eigenvalue weighted by Crippen LogP contribution is 2.29. The largest absolute Gasteiger partial charge is 0.417 e. The minimum absolute atomic E-state index is 0.225. The van der Waals surface area contributed by atoms with Crippen LogP contribution in [0.4, 0.5) is 13.2 Å². The van der Waals surface area contributed by atoms with Crippen LogP contribution < -0.4 is 5.32 Å². The highest BCUT2D eigenvalue weighted by atomic mass is 32.2. The summed E-state index contributed by atoms with van der Waals surface area (Å²) in [7, 11) is 0. The fourth-order valence-corrected chi connectivity index (χ4v) is 2.30.